The molecule has 0 bridgehead atoms. The molecule has 0 N–H and O–H groups in total. The summed E-state index contributed by atoms with van der Waals surface area (Å²) in [7, 11) is 0. The molecule has 60 heavy (non-hydrogen) atoms. The number of pyridine rings is 1. The summed E-state index contributed by atoms with van der Waals surface area (Å²) in [6, 6.07) is 73.1. The predicted octanol–water partition coefficient (Wildman–Crippen LogP) is 12.7. The lowest BCUT2D eigenvalue weighted by atomic mass is 9.39. The molecular formula is C57H41BN2. The smallest absolute Gasteiger partial charge is 0.242 e. The number of para-hydroxylation sites is 2. The Morgan fingerprint density at radius 3 is 1.92 bits per heavy atom. The Morgan fingerprint density at radius 1 is 0.483 bits per heavy atom. The molecule has 1 aliphatic rings. The molecule has 0 saturated carbocycles. The summed E-state index contributed by atoms with van der Waals surface area (Å²) in [5.74, 6) is 0. The quantitative estimate of drug-likeness (QED) is 0.148. The third kappa shape index (κ3) is 5.93. The zero-order valence-electron chi connectivity index (χ0n) is 33.7. The molecular weight excluding hydrogens is 723 g/mol. The largest absolute Gasteiger partial charge is 0.309 e. The lowest BCUT2D eigenvalue weighted by molar-refractivity contribution is 1.18. The van der Waals surface area contributed by atoms with Crippen molar-refractivity contribution in [3.8, 4) is 61.6 Å². The van der Waals surface area contributed by atoms with Crippen molar-refractivity contribution < 1.29 is 0 Å². The van der Waals surface area contributed by atoms with E-state index >= 15 is 0 Å². The summed E-state index contributed by atoms with van der Waals surface area (Å²) in [4.78, 5) is 5.44. The molecule has 0 aliphatic carbocycles. The van der Waals surface area contributed by atoms with E-state index < -0.39 is 0 Å². The standard InChI is InChI=1S/C57H41BN2/c1-3-17-40-18-13-14-25-46(40)53-34-38(2)56(41-19-7-4-8-20-41)57(59-53)42-30-28-39(29-31-42)43-32-33-51-48(35-43)49-37-55-50(36-52(49)58(51)44-21-9-5-10-22-44)47-26-15-16-27-54(47)60(55)45-23-11-6-12-24-45/h3-37H,1-2H3/b17-3-. The Morgan fingerprint density at radius 2 is 1.13 bits per heavy atom. The van der Waals surface area contributed by atoms with Gasteiger partial charge in [-0.25, -0.2) is 4.98 Å². The molecule has 1 aliphatic heterocycles. The maximum Gasteiger partial charge on any atom is 0.242 e. The van der Waals surface area contributed by atoms with E-state index in [0.29, 0.717) is 0 Å². The van der Waals surface area contributed by atoms with Crippen LogP contribution in [0.25, 0.3) is 89.5 Å². The maximum absolute atomic E-state index is 5.44. The number of aromatic nitrogens is 2. The minimum absolute atomic E-state index is 0.145. The van der Waals surface area contributed by atoms with Crippen LogP contribution in [0.15, 0.2) is 206 Å². The predicted molar refractivity (Wildman–Crippen MR) is 256 cm³/mol. The van der Waals surface area contributed by atoms with Gasteiger partial charge in [-0.05, 0) is 89.2 Å². The van der Waals surface area contributed by atoms with Crippen molar-refractivity contribution >= 4 is 51.0 Å². The van der Waals surface area contributed by atoms with E-state index in [-0.39, 0.29) is 6.71 Å². The van der Waals surface area contributed by atoms with Crippen LogP contribution < -0.4 is 16.4 Å². The first-order chi connectivity index (χ1) is 29.6. The molecule has 0 saturated heterocycles. The van der Waals surface area contributed by atoms with E-state index in [1.807, 2.05) is 0 Å². The van der Waals surface area contributed by atoms with Gasteiger partial charge in [0, 0.05) is 33.2 Å². The second kappa shape index (κ2) is 14.7. The molecule has 0 fully saturated rings. The molecule has 0 radical (unpaired) electrons. The molecule has 0 atom stereocenters. The number of fused-ring (bicyclic) bond motifs is 6. The highest BCUT2D eigenvalue weighted by molar-refractivity contribution is 6.99. The van der Waals surface area contributed by atoms with Gasteiger partial charge in [0.05, 0.1) is 22.4 Å². The topological polar surface area (TPSA) is 17.8 Å². The van der Waals surface area contributed by atoms with Crippen molar-refractivity contribution in [2.75, 3.05) is 0 Å². The first-order valence-corrected chi connectivity index (χ1v) is 20.9. The molecule has 3 heterocycles. The Hall–Kier alpha value is -7.49. The molecule has 3 heteroatoms. The maximum atomic E-state index is 5.44. The first kappa shape index (κ1) is 35.7. The van der Waals surface area contributed by atoms with E-state index in [9.17, 15) is 0 Å². The molecule has 282 valence electrons. The highest BCUT2D eigenvalue weighted by atomic mass is 15.0. The number of rotatable bonds is 7. The highest BCUT2D eigenvalue weighted by Crippen LogP contribution is 2.40. The molecule has 10 aromatic rings. The van der Waals surface area contributed by atoms with Crippen molar-refractivity contribution in [1.29, 1.82) is 0 Å². The van der Waals surface area contributed by atoms with Crippen molar-refractivity contribution in [3.05, 3.63) is 217 Å². The summed E-state index contributed by atoms with van der Waals surface area (Å²) in [6.45, 7) is 4.42. The number of nitrogens with zero attached hydrogens (tertiary/aromatic N) is 2. The minimum Gasteiger partial charge on any atom is -0.309 e. The monoisotopic (exact) mass is 764 g/mol. The molecule has 11 rings (SSSR count). The lowest BCUT2D eigenvalue weighted by Crippen LogP contribution is -2.48. The van der Waals surface area contributed by atoms with Gasteiger partial charge in [-0.15, -0.1) is 0 Å². The SMILES string of the molecule is C/C=C\c1ccccc1-c1cc(C)c(-c2ccccc2)c(-c2ccc(-c3ccc4c(c3)-c3cc5c(cc3B4c3ccccc3)c3ccccc3n5-c3ccccc3)cc2)n1. The van der Waals surface area contributed by atoms with Gasteiger partial charge in [0.25, 0.3) is 0 Å². The van der Waals surface area contributed by atoms with Crippen molar-refractivity contribution in [1.82, 2.24) is 9.55 Å². The molecule has 0 amide bonds. The number of hydrogen-bond donors (Lipinski definition) is 0. The van der Waals surface area contributed by atoms with Crippen LogP contribution >= 0.6 is 0 Å². The summed E-state index contributed by atoms with van der Waals surface area (Å²) in [6.07, 6.45) is 4.25. The fourth-order valence-electron chi connectivity index (χ4n) is 9.62. The van der Waals surface area contributed by atoms with Crippen molar-refractivity contribution in [3.63, 3.8) is 0 Å². The number of aryl methyl sites for hydroxylation is 1. The molecule has 8 aromatic carbocycles. The summed E-state index contributed by atoms with van der Waals surface area (Å²) < 4.78 is 2.43. The normalized spacial score (nSPS) is 12.1. The second-order valence-electron chi connectivity index (χ2n) is 15.9. The average Bonchev–Trinajstić information content (AvgIpc) is 3.80. The average molecular weight is 765 g/mol. The highest BCUT2D eigenvalue weighted by Gasteiger charge is 2.35. The van der Waals surface area contributed by atoms with Gasteiger partial charge in [-0.1, -0.05) is 192 Å². The fourth-order valence-corrected chi connectivity index (χ4v) is 9.62. The molecule has 0 unspecified atom stereocenters. The van der Waals surface area contributed by atoms with E-state index in [0.717, 1.165) is 33.6 Å². The van der Waals surface area contributed by atoms with E-state index in [1.54, 1.807) is 0 Å². The van der Waals surface area contributed by atoms with E-state index in [4.69, 9.17) is 4.98 Å². The van der Waals surface area contributed by atoms with Gasteiger partial charge in [-0.3, -0.25) is 0 Å². The van der Waals surface area contributed by atoms with Crippen LogP contribution in [0.5, 0.6) is 0 Å². The van der Waals surface area contributed by atoms with Gasteiger partial charge in [0.1, 0.15) is 0 Å². The van der Waals surface area contributed by atoms with E-state index in [1.165, 1.54) is 77.3 Å². The van der Waals surface area contributed by atoms with Crippen molar-refractivity contribution in [2.45, 2.75) is 13.8 Å². The Bertz CT molecular complexity index is 3250. The lowest BCUT2D eigenvalue weighted by Gasteiger charge is -2.17. The summed E-state index contributed by atoms with van der Waals surface area (Å²) >= 11 is 0. The molecule has 2 aromatic heterocycles. The van der Waals surface area contributed by atoms with Crippen LogP contribution in [0, 0.1) is 6.92 Å². The van der Waals surface area contributed by atoms with Gasteiger partial charge in [-0.2, -0.15) is 0 Å². The van der Waals surface area contributed by atoms with Gasteiger partial charge in [0.15, 0.2) is 0 Å². The van der Waals surface area contributed by atoms with Gasteiger partial charge < -0.3 is 4.57 Å². The minimum atomic E-state index is 0.145. The van der Waals surface area contributed by atoms with Gasteiger partial charge in [0.2, 0.25) is 6.71 Å². The van der Waals surface area contributed by atoms with E-state index in [2.05, 4.69) is 231 Å². The Balaban J connectivity index is 1.06. The van der Waals surface area contributed by atoms with Crippen LogP contribution in [0.4, 0.5) is 0 Å². The third-order valence-electron chi connectivity index (χ3n) is 12.3. The number of benzene rings is 8. The van der Waals surface area contributed by atoms with Crippen molar-refractivity contribution in [2.24, 2.45) is 0 Å². The summed E-state index contributed by atoms with van der Waals surface area (Å²) in [5, 5.41) is 2.56. The van der Waals surface area contributed by atoms with Crippen LogP contribution in [-0.4, -0.2) is 16.3 Å². The van der Waals surface area contributed by atoms with Crippen LogP contribution in [0.3, 0.4) is 0 Å². The summed E-state index contributed by atoms with van der Waals surface area (Å²) in [5.41, 5.74) is 21.5. The third-order valence-corrected chi connectivity index (χ3v) is 12.3. The van der Waals surface area contributed by atoms with Gasteiger partial charge >= 0.3 is 0 Å². The first-order valence-electron chi connectivity index (χ1n) is 20.9. The van der Waals surface area contributed by atoms with Crippen LogP contribution in [0.1, 0.15) is 18.1 Å². The number of hydrogen-bond acceptors (Lipinski definition) is 1. The number of allylic oxidation sites excluding steroid dienone is 1. The zero-order chi connectivity index (χ0) is 40.2. The second-order valence-corrected chi connectivity index (χ2v) is 15.9. The zero-order valence-corrected chi connectivity index (χ0v) is 33.7. The molecule has 0 spiro atoms. The van der Waals surface area contributed by atoms with Crippen LogP contribution in [-0.2, 0) is 0 Å². The van der Waals surface area contributed by atoms with Crippen LogP contribution in [0.2, 0.25) is 0 Å². The molecule has 2 nitrogen and oxygen atoms in total. The Labute approximate surface area is 351 Å². The fraction of sp³-hybridized carbons (Fsp3) is 0.0351. The Kier molecular flexibility index (Phi) is 8.75.